The molecule has 1 heterocycles. The number of carbonyl (C=O) groups is 4. The first-order valence-corrected chi connectivity index (χ1v) is 11.3. The van der Waals surface area contributed by atoms with Gasteiger partial charge < -0.3 is 10.1 Å². The molecule has 2 bridgehead atoms. The fourth-order valence-corrected chi connectivity index (χ4v) is 5.30. The number of fused-ring (bicyclic) bond motifs is 5. The first-order valence-electron chi connectivity index (χ1n) is 10.2. The minimum atomic E-state index is -1.06. The van der Waals surface area contributed by atoms with Crippen LogP contribution in [0.15, 0.2) is 34.8 Å². The normalized spacial score (nSPS) is 27.1. The summed E-state index contributed by atoms with van der Waals surface area (Å²) in [5, 5.41) is 3.02. The van der Waals surface area contributed by atoms with Gasteiger partial charge in [-0.15, -0.1) is 0 Å². The van der Waals surface area contributed by atoms with Crippen molar-refractivity contribution in [1.29, 1.82) is 0 Å². The van der Waals surface area contributed by atoms with Gasteiger partial charge in [-0.05, 0) is 58.3 Å². The van der Waals surface area contributed by atoms with Crippen molar-refractivity contribution in [2.24, 2.45) is 29.6 Å². The maximum Gasteiger partial charge on any atom is 0.330 e. The highest BCUT2D eigenvalue weighted by Crippen LogP contribution is 2.53. The van der Waals surface area contributed by atoms with E-state index in [4.69, 9.17) is 16.3 Å². The Labute approximate surface area is 193 Å². The number of benzene rings is 1. The summed E-state index contributed by atoms with van der Waals surface area (Å²) in [4.78, 5) is 52.2. The molecule has 164 valence electrons. The number of hydrogen-bond donors (Lipinski definition) is 1. The van der Waals surface area contributed by atoms with Crippen molar-refractivity contribution in [2.75, 3.05) is 11.9 Å². The number of halogens is 2. The van der Waals surface area contributed by atoms with Crippen LogP contribution < -0.4 is 5.32 Å². The molecule has 0 aromatic heterocycles. The minimum absolute atomic E-state index is 0.0591. The van der Waals surface area contributed by atoms with Crippen LogP contribution in [0.3, 0.4) is 0 Å². The lowest BCUT2D eigenvalue weighted by Crippen LogP contribution is -2.50. The van der Waals surface area contributed by atoms with Gasteiger partial charge in [0.25, 0.3) is 5.91 Å². The molecule has 0 unspecified atom stereocenters. The van der Waals surface area contributed by atoms with Gasteiger partial charge in [0, 0.05) is 10.2 Å². The Morgan fingerprint density at radius 1 is 1.19 bits per heavy atom. The Morgan fingerprint density at radius 3 is 2.35 bits per heavy atom. The smallest absolute Gasteiger partial charge is 0.330 e. The van der Waals surface area contributed by atoms with Crippen molar-refractivity contribution in [3.63, 3.8) is 0 Å². The Kier molecular flexibility index (Phi) is 5.96. The second kappa shape index (κ2) is 8.39. The number of hydrogen-bond acceptors (Lipinski definition) is 5. The summed E-state index contributed by atoms with van der Waals surface area (Å²) in [6.07, 6.45) is 4.82. The third-order valence-electron chi connectivity index (χ3n) is 6.20. The molecule has 1 saturated heterocycles. The molecule has 1 aromatic rings. The average molecular weight is 510 g/mol. The lowest BCUT2D eigenvalue weighted by Gasteiger charge is -2.28. The Morgan fingerprint density at radius 2 is 1.81 bits per heavy atom. The highest BCUT2D eigenvalue weighted by molar-refractivity contribution is 9.10. The van der Waals surface area contributed by atoms with Crippen LogP contribution in [-0.2, 0) is 23.9 Å². The topological polar surface area (TPSA) is 92.8 Å². The van der Waals surface area contributed by atoms with Gasteiger partial charge in [0.15, 0.2) is 6.61 Å². The minimum Gasteiger partial charge on any atom is -0.454 e. The van der Waals surface area contributed by atoms with E-state index in [0.717, 1.165) is 11.3 Å². The molecular weight excluding hydrogens is 488 g/mol. The summed E-state index contributed by atoms with van der Waals surface area (Å²) in [5.74, 6) is -2.93. The zero-order chi connectivity index (χ0) is 22.4. The van der Waals surface area contributed by atoms with Crippen LogP contribution >= 0.6 is 27.5 Å². The predicted molar refractivity (Wildman–Crippen MR) is 117 cm³/mol. The Bertz CT molecular complexity index is 964. The van der Waals surface area contributed by atoms with Crippen molar-refractivity contribution >= 4 is 56.9 Å². The molecule has 7 nitrogen and oxygen atoms in total. The summed E-state index contributed by atoms with van der Waals surface area (Å²) >= 11 is 9.28. The number of imide groups is 1. The van der Waals surface area contributed by atoms with Gasteiger partial charge in [-0.25, -0.2) is 4.79 Å². The molecule has 2 fully saturated rings. The van der Waals surface area contributed by atoms with Gasteiger partial charge in [0.2, 0.25) is 11.8 Å². The number of likely N-dealkylation sites (tertiary alicyclic amines) is 1. The summed E-state index contributed by atoms with van der Waals surface area (Å²) in [6.45, 7) is 2.96. The number of esters is 1. The first-order chi connectivity index (χ1) is 14.7. The summed E-state index contributed by atoms with van der Waals surface area (Å²) < 4.78 is 5.89. The highest BCUT2D eigenvalue weighted by atomic mass is 79.9. The Balaban J connectivity index is 1.41. The second-order valence-corrected chi connectivity index (χ2v) is 9.78. The molecule has 31 heavy (non-hydrogen) atoms. The van der Waals surface area contributed by atoms with Crippen LogP contribution in [0.5, 0.6) is 0 Å². The summed E-state index contributed by atoms with van der Waals surface area (Å²) in [5.41, 5.74) is 0.454. The number of nitrogens with zero attached hydrogens (tertiary/aromatic N) is 1. The molecule has 1 N–H and O–H groups in total. The van der Waals surface area contributed by atoms with E-state index < -0.39 is 24.5 Å². The van der Waals surface area contributed by atoms with Crippen LogP contribution in [-0.4, -0.2) is 41.2 Å². The monoisotopic (exact) mass is 508 g/mol. The average Bonchev–Trinajstić information content (AvgIpc) is 3.39. The lowest BCUT2D eigenvalue weighted by molar-refractivity contribution is -0.162. The fraction of sp³-hybridized carbons (Fsp3) is 0.455. The molecule has 1 aromatic carbocycles. The molecule has 0 spiro atoms. The van der Waals surface area contributed by atoms with Gasteiger partial charge in [-0.2, -0.15) is 0 Å². The zero-order valence-corrected chi connectivity index (χ0v) is 19.4. The number of ether oxygens (including phenoxy) is 1. The van der Waals surface area contributed by atoms with Gasteiger partial charge >= 0.3 is 5.97 Å². The van der Waals surface area contributed by atoms with Crippen molar-refractivity contribution in [3.05, 3.63) is 39.8 Å². The maximum absolute atomic E-state index is 13.0. The fourth-order valence-electron chi connectivity index (χ4n) is 4.87. The molecule has 2 aliphatic carbocycles. The third kappa shape index (κ3) is 3.91. The number of anilines is 1. The number of rotatable bonds is 6. The van der Waals surface area contributed by atoms with Crippen LogP contribution in [0.25, 0.3) is 0 Å². The van der Waals surface area contributed by atoms with Gasteiger partial charge in [0.1, 0.15) is 6.04 Å². The quantitative estimate of drug-likeness (QED) is 0.360. The van der Waals surface area contributed by atoms with E-state index in [9.17, 15) is 19.2 Å². The standard InChI is InChI=1S/C22H22BrClN2O5/c1-10(2)19(26-20(28)17-11-3-4-12(7-11)18(17)21(26)29)22(30)31-9-16(27)25-13-5-6-14(23)15(24)8-13/h3-6,8,10-12,17-19H,7,9H2,1-2H3,(H,25,27)/t11-,12-,17+,18+,19+/m0/s1. The number of allylic oxidation sites excluding steroid dienone is 2. The predicted octanol–water partition coefficient (Wildman–Crippen LogP) is 3.42. The van der Waals surface area contributed by atoms with Crippen LogP contribution in [0.1, 0.15) is 20.3 Å². The molecule has 4 rings (SSSR count). The van der Waals surface area contributed by atoms with Crippen LogP contribution in [0.2, 0.25) is 5.02 Å². The molecule has 1 aliphatic heterocycles. The van der Waals surface area contributed by atoms with Crippen molar-refractivity contribution < 1.29 is 23.9 Å². The number of carbonyl (C=O) groups excluding carboxylic acids is 4. The van der Waals surface area contributed by atoms with E-state index in [1.54, 1.807) is 32.0 Å². The maximum atomic E-state index is 13.0. The van der Waals surface area contributed by atoms with E-state index >= 15 is 0 Å². The van der Waals surface area contributed by atoms with E-state index in [0.29, 0.717) is 15.2 Å². The van der Waals surface area contributed by atoms with Crippen molar-refractivity contribution in [1.82, 2.24) is 4.90 Å². The van der Waals surface area contributed by atoms with E-state index in [2.05, 4.69) is 21.2 Å². The van der Waals surface area contributed by atoms with E-state index in [1.807, 2.05) is 12.2 Å². The molecule has 5 atom stereocenters. The number of nitrogens with one attached hydrogen (secondary N) is 1. The third-order valence-corrected chi connectivity index (χ3v) is 7.44. The second-order valence-electron chi connectivity index (χ2n) is 8.52. The highest BCUT2D eigenvalue weighted by Gasteiger charge is 2.61. The summed E-state index contributed by atoms with van der Waals surface area (Å²) in [7, 11) is 0. The van der Waals surface area contributed by atoms with Gasteiger partial charge in [-0.1, -0.05) is 37.6 Å². The molecular formula is C22H22BrClN2O5. The van der Waals surface area contributed by atoms with Crippen LogP contribution in [0, 0.1) is 29.6 Å². The van der Waals surface area contributed by atoms with Crippen molar-refractivity contribution in [2.45, 2.75) is 26.3 Å². The van der Waals surface area contributed by atoms with Crippen LogP contribution in [0.4, 0.5) is 5.69 Å². The summed E-state index contributed by atoms with van der Waals surface area (Å²) in [6, 6.07) is 3.84. The van der Waals surface area contributed by atoms with E-state index in [1.165, 1.54) is 0 Å². The lowest BCUT2D eigenvalue weighted by atomic mass is 9.85. The largest absolute Gasteiger partial charge is 0.454 e. The van der Waals surface area contributed by atoms with E-state index in [-0.39, 0.29) is 41.4 Å². The zero-order valence-electron chi connectivity index (χ0n) is 17.0. The molecule has 0 radical (unpaired) electrons. The van der Waals surface area contributed by atoms with Crippen molar-refractivity contribution in [3.8, 4) is 0 Å². The molecule has 1 saturated carbocycles. The van der Waals surface area contributed by atoms with Gasteiger partial charge in [0.05, 0.1) is 16.9 Å². The SMILES string of the molecule is CC(C)[C@H](C(=O)OCC(=O)Nc1ccc(Br)c(Cl)c1)N1C(=O)[C@H]2[C@H](C1=O)[C@H]1C=C[C@H]2C1. The van der Waals surface area contributed by atoms with Gasteiger partial charge in [-0.3, -0.25) is 19.3 Å². The molecule has 3 amide bonds. The molecule has 9 heteroatoms. The number of amides is 3. The first kappa shape index (κ1) is 22.0. The molecule has 3 aliphatic rings. The Hall–Kier alpha value is -2.19.